The molecule has 0 aliphatic heterocycles. The van der Waals surface area contributed by atoms with Crippen molar-refractivity contribution in [3.63, 3.8) is 0 Å². The number of benzene rings is 1. The quantitative estimate of drug-likeness (QED) is 0.646. The molecule has 2 aromatic rings. The maximum Gasteiger partial charge on any atom is 0.205 e. The summed E-state index contributed by atoms with van der Waals surface area (Å²) in [6.45, 7) is 4.13. The van der Waals surface area contributed by atoms with Crippen LogP contribution < -0.4 is 11.2 Å². The molecule has 2 rings (SSSR count). The molecule has 1 aromatic carbocycles. The number of nitrogen functional groups attached to an aromatic ring is 1. The van der Waals surface area contributed by atoms with Gasteiger partial charge in [0.25, 0.3) is 0 Å². The molecule has 0 aliphatic rings. The summed E-state index contributed by atoms with van der Waals surface area (Å²) in [6.07, 6.45) is 1.81. The van der Waals surface area contributed by atoms with Crippen molar-refractivity contribution in [2.24, 2.45) is 5.10 Å². The summed E-state index contributed by atoms with van der Waals surface area (Å²) in [5.41, 5.74) is 11.9. The SMILES string of the molecule is Cc1cccc(C)c1C=NNc1nc(N)cs1. The van der Waals surface area contributed by atoms with Gasteiger partial charge in [-0.25, -0.2) is 4.98 Å². The summed E-state index contributed by atoms with van der Waals surface area (Å²) >= 11 is 1.43. The van der Waals surface area contributed by atoms with Gasteiger partial charge in [0.15, 0.2) is 0 Å². The normalized spacial score (nSPS) is 10.9. The van der Waals surface area contributed by atoms with Crippen molar-refractivity contribution < 1.29 is 0 Å². The van der Waals surface area contributed by atoms with Gasteiger partial charge in [-0.05, 0) is 25.0 Å². The molecule has 0 aliphatic carbocycles. The highest BCUT2D eigenvalue weighted by atomic mass is 32.1. The predicted molar refractivity (Wildman–Crippen MR) is 73.7 cm³/mol. The van der Waals surface area contributed by atoms with Crippen molar-refractivity contribution in [2.75, 3.05) is 11.2 Å². The monoisotopic (exact) mass is 246 g/mol. The molecule has 0 fully saturated rings. The molecular formula is C12H14N4S. The van der Waals surface area contributed by atoms with Gasteiger partial charge in [0, 0.05) is 10.9 Å². The zero-order valence-electron chi connectivity index (χ0n) is 9.77. The van der Waals surface area contributed by atoms with Crippen LogP contribution in [0, 0.1) is 13.8 Å². The Balaban J connectivity index is 2.10. The molecule has 1 aromatic heterocycles. The van der Waals surface area contributed by atoms with E-state index in [1.54, 1.807) is 5.38 Å². The fourth-order valence-corrected chi connectivity index (χ4v) is 2.07. The van der Waals surface area contributed by atoms with Crippen LogP contribution in [0.15, 0.2) is 28.7 Å². The number of rotatable bonds is 3. The molecule has 0 unspecified atom stereocenters. The van der Waals surface area contributed by atoms with E-state index in [2.05, 4.69) is 41.5 Å². The Bertz CT molecular complexity index is 525. The third-order valence-corrected chi connectivity index (χ3v) is 3.18. The Kier molecular flexibility index (Phi) is 3.39. The van der Waals surface area contributed by atoms with Crippen LogP contribution in [0.2, 0.25) is 0 Å². The lowest BCUT2D eigenvalue weighted by molar-refractivity contribution is 1.28. The Morgan fingerprint density at radius 2 is 2.06 bits per heavy atom. The molecule has 0 radical (unpaired) electrons. The summed E-state index contributed by atoms with van der Waals surface area (Å²) in [5, 5.41) is 6.64. The number of aryl methyl sites for hydroxylation is 2. The number of nitrogens with two attached hydrogens (primary N) is 1. The first-order valence-electron chi connectivity index (χ1n) is 5.23. The van der Waals surface area contributed by atoms with E-state index in [0.29, 0.717) is 10.9 Å². The summed E-state index contributed by atoms with van der Waals surface area (Å²) in [7, 11) is 0. The van der Waals surface area contributed by atoms with Gasteiger partial charge in [0.1, 0.15) is 5.82 Å². The van der Waals surface area contributed by atoms with Gasteiger partial charge < -0.3 is 5.73 Å². The molecule has 0 saturated carbocycles. The Morgan fingerprint density at radius 1 is 1.35 bits per heavy atom. The molecule has 1 heterocycles. The van der Waals surface area contributed by atoms with E-state index < -0.39 is 0 Å². The molecule has 0 bridgehead atoms. The summed E-state index contributed by atoms with van der Waals surface area (Å²) in [4.78, 5) is 4.06. The molecule has 5 heteroatoms. The van der Waals surface area contributed by atoms with Crippen LogP contribution in [0.5, 0.6) is 0 Å². The topological polar surface area (TPSA) is 63.3 Å². The first-order valence-corrected chi connectivity index (χ1v) is 6.11. The molecule has 0 amide bonds. The fourth-order valence-electron chi connectivity index (χ4n) is 1.52. The zero-order chi connectivity index (χ0) is 12.3. The second-order valence-corrected chi connectivity index (χ2v) is 4.61. The highest BCUT2D eigenvalue weighted by molar-refractivity contribution is 7.14. The summed E-state index contributed by atoms with van der Waals surface area (Å²) in [6, 6.07) is 6.17. The zero-order valence-corrected chi connectivity index (χ0v) is 10.6. The number of anilines is 2. The van der Waals surface area contributed by atoms with Gasteiger partial charge in [0.2, 0.25) is 5.13 Å². The number of nitrogens with one attached hydrogen (secondary N) is 1. The molecule has 0 spiro atoms. The summed E-state index contributed by atoms with van der Waals surface area (Å²) in [5.74, 6) is 0.514. The number of aromatic nitrogens is 1. The molecule has 4 nitrogen and oxygen atoms in total. The Labute approximate surface area is 104 Å². The lowest BCUT2D eigenvalue weighted by Crippen LogP contribution is -1.95. The van der Waals surface area contributed by atoms with Gasteiger partial charge in [-0.1, -0.05) is 18.2 Å². The highest BCUT2D eigenvalue weighted by Gasteiger charge is 1.99. The third-order valence-electron chi connectivity index (χ3n) is 2.42. The maximum atomic E-state index is 5.52. The van der Waals surface area contributed by atoms with Gasteiger partial charge in [-0.2, -0.15) is 5.10 Å². The van der Waals surface area contributed by atoms with Crippen LogP contribution in [0.4, 0.5) is 10.9 Å². The minimum absolute atomic E-state index is 0.514. The number of hydrogen-bond acceptors (Lipinski definition) is 5. The number of nitrogens with zero attached hydrogens (tertiary/aromatic N) is 2. The molecule has 3 N–H and O–H groups in total. The number of thiazole rings is 1. The Hall–Kier alpha value is -1.88. The molecule has 0 saturated heterocycles. The van der Waals surface area contributed by atoms with E-state index in [-0.39, 0.29) is 0 Å². The van der Waals surface area contributed by atoms with Crippen LogP contribution in [-0.2, 0) is 0 Å². The predicted octanol–water partition coefficient (Wildman–Crippen LogP) is 2.79. The van der Waals surface area contributed by atoms with E-state index in [1.165, 1.54) is 22.5 Å². The van der Waals surface area contributed by atoms with Crippen LogP contribution in [0.1, 0.15) is 16.7 Å². The average molecular weight is 246 g/mol. The molecule has 0 atom stereocenters. The Morgan fingerprint density at radius 3 is 2.65 bits per heavy atom. The third kappa shape index (κ3) is 2.82. The first kappa shape index (κ1) is 11.6. The van der Waals surface area contributed by atoms with Crippen molar-refractivity contribution in [2.45, 2.75) is 13.8 Å². The van der Waals surface area contributed by atoms with Crippen molar-refractivity contribution in [3.8, 4) is 0 Å². The fraction of sp³-hybridized carbons (Fsp3) is 0.167. The lowest BCUT2D eigenvalue weighted by atomic mass is 10.0. The second kappa shape index (κ2) is 4.97. The smallest absolute Gasteiger partial charge is 0.205 e. The van der Waals surface area contributed by atoms with E-state index in [9.17, 15) is 0 Å². The first-order chi connectivity index (χ1) is 8.16. The van der Waals surface area contributed by atoms with Crippen LogP contribution in [0.3, 0.4) is 0 Å². The molecular weight excluding hydrogens is 232 g/mol. The summed E-state index contributed by atoms with van der Waals surface area (Å²) < 4.78 is 0. The van der Waals surface area contributed by atoms with Crippen LogP contribution in [0.25, 0.3) is 0 Å². The molecule has 17 heavy (non-hydrogen) atoms. The average Bonchev–Trinajstić information content (AvgIpc) is 2.69. The van der Waals surface area contributed by atoms with Crippen LogP contribution in [-0.4, -0.2) is 11.2 Å². The lowest BCUT2D eigenvalue weighted by Gasteiger charge is -2.03. The standard InChI is InChI=1S/C12H14N4S/c1-8-4-3-5-9(2)10(8)6-14-16-12-15-11(13)7-17-12/h3-7H,13H2,1-2H3,(H,15,16). The van der Waals surface area contributed by atoms with Gasteiger partial charge in [-0.15, -0.1) is 11.3 Å². The minimum Gasteiger partial charge on any atom is -0.383 e. The van der Waals surface area contributed by atoms with Gasteiger partial charge >= 0.3 is 0 Å². The van der Waals surface area contributed by atoms with Gasteiger partial charge in [-0.3, -0.25) is 5.43 Å². The van der Waals surface area contributed by atoms with Crippen molar-refractivity contribution >= 4 is 28.5 Å². The van der Waals surface area contributed by atoms with Gasteiger partial charge in [0.05, 0.1) is 6.21 Å². The highest BCUT2D eigenvalue weighted by Crippen LogP contribution is 2.16. The molecule has 88 valence electrons. The van der Waals surface area contributed by atoms with Crippen molar-refractivity contribution in [3.05, 3.63) is 40.3 Å². The van der Waals surface area contributed by atoms with E-state index in [0.717, 1.165) is 5.56 Å². The van der Waals surface area contributed by atoms with E-state index in [1.807, 2.05) is 12.3 Å². The second-order valence-electron chi connectivity index (χ2n) is 3.75. The minimum atomic E-state index is 0.514. The maximum absolute atomic E-state index is 5.52. The van der Waals surface area contributed by atoms with Crippen molar-refractivity contribution in [1.29, 1.82) is 0 Å². The largest absolute Gasteiger partial charge is 0.383 e. The van der Waals surface area contributed by atoms with Crippen molar-refractivity contribution in [1.82, 2.24) is 4.98 Å². The van der Waals surface area contributed by atoms with Crippen LogP contribution >= 0.6 is 11.3 Å². The number of hydrazone groups is 1. The number of hydrogen-bond donors (Lipinski definition) is 2. The van der Waals surface area contributed by atoms with E-state index >= 15 is 0 Å². The van der Waals surface area contributed by atoms with E-state index in [4.69, 9.17) is 5.73 Å².